The fourth-order valence-corrected chi connectivity index (χ4v) is 10.7. The summed E-state index contributed by atoms with van der Waals surface area (Å²) in [7, 11) is 5.97. The van der Waals surface area contributed by atoms with Crippen molar-refractivity contribution in [3.63, 3.8) is 0 Å². The Hall–Kier alpha value is -4.83. The van der Waals surface area contributed by atoms with Crippen molar-refractivity contribution in [3.8, 4) is 0 Å². The van der Waals surface area contributed by atoms with Gasteiger partial charge in [-0.15, -0.1) is 0 Å². The van der Waals surface area contributed by atoms with Crippen LogP contribution in [-0.4, -0.2) is 87.4 Å². The minimum atomic E-state index is -1.53. The van der Waals surface area contributed by atoms with Crippen molar-refractivity contribution in [3.05, 3.63) is 146 Å². The first-order valence-electron chi connectivity index (χ1n) is 39.0. The molecule has 0 spiro atoms. The largest absolute Gasteiger partial charge is 0.477 e. The maximum Gasteiger partial charge on any atom is 0.361 e. The average molecular weight is 1320 g/mol. The average Bonchev–Trinajstić information content (AvgIpc) is 3.58. The Bertz CT molecular complexity index is 2080. The van der Waals surface area contributed by atoms with Gasteiger partial charge in [-0.3, -0.25) is 9.59 Å². The first-order chi connectivity index (χ1) is 46.6. The summed E-state index contributed by atoms with van der Waals surface area (Å²) in [6.07, 6.45) is 107. The highest BCUT2D eigenvalue weighted by Gasteiger charge is 2.25. The standard InChI is InChI=1S/C86H145NO8/c1-6-8-10-12-14-16-18-20-22-24-26-28-30-32-34-36-38-40-42-44-46-48-50-52-54-56-58-60-62-64-66-68-70-72-74-76-83(88)93-80-82(81-94-86(85(90)91)92-79-78-87(3,4)5)95-84(89)77-75-73-71-69-67-65-63-61-59-57-55-53-51-49-47-45-43-41-39-37-35-33-31-29-27-25-23-21-19-17-15-13-11-9-7-2/h9,11,15,17-18,20-21,23-24,26-27,29,33,35,39,41,45,47,51,53,57,59,63,65,82,86H,6-8,10,12-14,16,19,22,25,28,30-32,34,36-38,40,42-44,46,48-50,52,54-56,58,60-62,64,66-81H2,1-5H3/p+1/b11-9-,17-15-,20-18-,23-21-,26-24-,29-27-,35-33-,41-39-,47-45-,53-51-,59-57-,65-63-. The first kappa shape index (κ1) is 90.2. The predicted octanol–water partition coefficient (Wildman–Crippen LogP) is 25.0. The van der Waals surface area contributed by atoms with Crippen LogP contribution in [0.15, 0.2) is 146 Å². The third-order valence-electron chi connectivity index (χ3n) is 16.6. The number of hydrogen-bond donors (Lipinski definition) is 1. The summed E-state index contributed by atoms with van der Waals surface area (Å²) >= 11 is 0. The van der Waals surface area contributed by atoms with E-state index in [0.717, 1.165) is 116 Å². The number of ether oxygens (including phenoxy) is 4. The second-order valence-electron chi connectivity index (χ2n) is 26.9. The van der Waals surface area contributed by atoms with Gasteiger partial charge in [0.15, 0.2) is 6.10 Å². The number of allylic oxidation sites excluding steroid dienone is 24. The van der Waals surface area contributed by atoms with Crippen LogP contribution in [0.5, 0.6) is 0 Å². The summed E-state index contributed by atoms with van der Waals surface area (Å²) in [6.45, 7) is 4.74. The molecule has 0 bridgehead atoms. The Kier molecular flexibility index (Phi) is 71.1. The van der Waals surface area contributed by atoms with Gasteiger partial charge in [0, 0.05) is 12.8 Å². The van der Waals surface area contributed by atoms with Gasteiger partial charge in [-0.05, 0) is 122 Å². The Balaban J connectivity index is 4.13. The van der Waals surface area contributed by atoms with Gasteiger partial charge in [-0.2, -0.15) is 0 Å². The fourth-order valence-electron chi connectivity index (χ4n) is 10.7. The van der Waals surface area contributed by atoms with Crippen LogP contribution in [0.4, 0.5) is 0 Å². The van der Waals surface area contributed by atoms with Crippen LogP contribution in [0, 0.1) is 0 Å². The minimum Gasteiger partial charge on any atom is -0.477 e. The van der Waals surface area contributed by atoms with Crippen LogP contribution in [0.3, 0.4) is 0 Å². The zero-order chi connectivity index (χ0) is 69.0. The number of quaternary nitrogens is 1. The predicted molar refractivity (Wildman–Crippen MR) is 410 cm³/mol. The van der Waals surface area contributed by atoms with Crippen LogP contribution < -0.4 is 0 Å². The van der Waals surface area contributed by atoms with Gasteiger partial charge in [0.25, 0.3) is 6.29 Å². The lowest BCUT2D eigenvalue weighted by Crippen LogP contribution is -2.40. The number of likely N-dealkylation sites (N-methyl/N-ethyl adjacent to an activating group) is 1. The van der Waals surface area contributed by atoms with Crippen molar-refractivity contribution < 1.29 is 42.9 Å². The van der Waals surface area contributed by atoms with E-state index in [-0.39, 0.29) is 32.2 Å². The molecule has 0 aliphatic heterocycles. The van der Waals surface area contributed by atoms with Crippen molar-refractivity contribution in [2.24, 2.45) is 0 Å². The lowest BCUT2D eigenvalue weighted by molar-refractivity contribution is -0.870. The quantitative estimate of drug-likeness (QED) is 0.0211. The van der Waals surface area contributed by atoms with Gasteiger partial charge < -0.3 is 28.5 Å². The van der Waals surface area contributed by atoms with E-state index >= 15 is 0 Å². The summed E-state index contributed by atoms with van der Waals surface area (Å²) in [5.41, 5.74) is 0. The summed E-state index contributed by atoms with van der Waals surface area (Å²) in [5.74, 6) is -2.04. The number of rotatable bonds is 71. The monoisotopic (exact) mass is 1320 g/mol. The Morgan fingerprint density at radius 2 is 0.600 bits per heavy atom. The number of carbonyl (C=O) groups is 3. The molecule has 9 heteroatoms. The van der Waals surface area contributed by atoms with Crippen LogP contribution in [-0.2, 0) is 33.3 Å². The smallest absolute Gasteiger partial charge is 0.361 e. The summed E-state index contributed by atoms with van der Waals surface area (Å²) < 4.78 is 23.0. The Morgan fingerprint density at radius 3 is 0.895 bits per heavy atom. The molecule has 0 aromatic heterocycles. The number of hydrogen-bond acceptors (Lipinski definition) is 7. The Morgan fingerprint density at radius 1 is 0.326 bits per heavy atom. The van der Waals surface area contributed by atoms with Crippen molar-refractivity contribution in [1.82, 2.24) is 0 Å². The molecule has 0 amide bonds. The van der Waals surface area contributed by atoms with Crippen LogP contribution in [0.1, 0.15) is 322 Å². The van der Waals surface area contributed by atoms with Gasteiger partial charge in [-0.1, -0.05) is 333 Å². The molecule has 1 N–H and O–H groups in total. The fraction of sp³-hybridized carbons (Fsp3) is 0.686. The van der Waals surface area contributed by atoms with E-state index in [2.05, 4.69) is 160 Å². The molecule has 2 unspecified atom stereocenters. The number of carboxylic acids is 1. The molecule has 0 aromatic carbocycles. The maximum atomic E-state index is 13.0. The first-order valence-corrected chi connectivity index (χ1v) is 39.0. The number of esters is 2. The number of nitrogens with zero attached hydrogens (tertiary/aromatic N) is 1. The number of carbonyl (C=O) groups excluding carboxylic acids is 2. The SMILES string of the molecule is CC/C=C\C/C=C\C/C=C\C/C=C\C/C=C\C/C=C\C/C=C\C/C=C\C/C=C\C/C=C\CCCCCCC(=O)OC(COC(=O)CCCCCCCCCCCCCCCCCCCCCCCCC/C=C\C/C=C\CCCCCCC)COC(OCC[N+](C)(C)C)C(=O)O. The molecule has 9 nitrogen and oxygen atoms in total. The lowest BCUT2D eigenvalue weighted by Gasteiger charge is -2.25. The number of unbranched alkanes of at least 4 members (excludes halogenated alkanes) is 32. The zero-order valence-corrected chi connectivity index (χ0v) is 62.0. The molecule has 95 heavy (non-hydrogen) atoms. The zero-order valence-electron chi connectivity index (χ0n) is 62.0. The molecule has 2 atom stereocenters. The molecule has 0 saturated heterocycles. The molecule has 0 radical (unpaired) electrons. The molecule has 0 heterocycles. The Labute approximate surface area is 585 Å². The maximum absolute atomic E-state index is 13.0. The number of carboxylic acid groups (broad SMARTS) is 1. The molecule has 0 saturated carbocycles. The highest BCUT2D eigenvalue weighted by molar-refractivity contribution is 5.71. The van der Waals surface area contributed by atoms with Gasteiger partial charge in [0.1, 0.15) is 13.2 Å². The van der Waals surface area contributed by atoms with Gasteiger partial charge in [0.05, 0.1) is 34.4 Å². The highest BCUT2D eigenvalue weighted by atomic mass is 16.7. The van der Waals surface area contributed by atoms with Gasteiger partial charge in [0.2, 0.25) is 0 Å². The second kappa shape index (κ2) is 75.0. The third kappa shape index (κ3) is 76.4. The molecular formula is C86H146NO8+. The lowest BCUT2D eigenvalue weighted by atomic mass is 10.0. The molecule has 0 aliphatic carbocycles. The van der Waals surface area contributed by atoms with E-state index in [1.165, 1.54) is 173 Å². The van der Waals surface area contributed by atoms with Gasteiger partial charge in [-0.25, -0.2) is 4.79 Å². The number of aliphatic carboxylic acids is 1. The molecular weight excluding hydrogens is 1170 g/mol. The summed E-state index contributed by atoms with van der Waals surface area (Å²) in [4.78, 5) is 37.7. The molecule has 0 aliphatic rings. The van der Waals surface area contributed by atoms with Crippen LogP contribution in [0.2, 0.25) is 0 Å². The third-order valence-corrected chi connectivity index (χ3v) is 16.6. The molecule has 542 valence electrons. The molecule has 0 rings (SSSR count). The second-order valence-corrected chi connectivity index (χ2v) is 26.9. The van der Waals surface area contributed by atoms with E-state index in [9.17, 15) is 19.5 Å². The minimum absolute atomic E-state index is 0.176. The topological polar surface area (TPSA) is 108 Å². The van der Waals surface area contributed by atoms with Gasteiger partial charge >= 0.3 is 17.9 Å². The molecule has 0 fully saturated rings. The van der Waals surface area contributed by atoms with Crippen molar-refractivity contribution in [1.29, 1.82) is 0 Å². The van der Waals surface area contributed by atoms with E-state index in [1.54, 1.807) is 0 Å². The molecule has 0 aromatic rings. The van der Waals surface area contributed by atoms with Crippen molar-refractivity contribution >= 4 is 17.9 Å². The van der Waals surface area contributed by atoms with Crippen molar-refractivity contribution in [2.75, 3.05) is 47.5 Å². The van der Waals surface area contributed by atoms with E-state index in [1.807, 2.05) is 21.1 Å². The van der Waals surface area contributed by atoms with E-state index in [4.69, 9.17) is 18.9 Å². The van der Waals surface area contributed by atoms with Crippen LogP contribution >= 0.6 is 0 Å². The van der Waals surface area contributed by atoms with Crippen LogP contribution in [0.25, 0.3) is 0 Å². The summed E-state index contributed by atoms with van der Waals surface area (Å²) in [5, 5.41) is 9.77. The van der Waals surface area contributed by atoms with E-state index < -0.39 is 24.3 Å². The van der Waals surface area contributed by atoms with E-state index in [0.29, 0.717) is 23.9 Å². The summed E-state index contributed by atoms with van der Waals surface area (Å²) in [6, 6.07) is 0. The van der Waals surface area contributed by atoms with Crippen molar-refractivity contribution in [2.45, 2.75) is 334 Å². The normalized spacial score (nSPS) is 13.5. The highest BCUT2D eigenvalue weighted by Crippen LogP contribution is 2.18.